The van der Waals surface area contributed by atoms with Gasteiger partial charge in [-0.15, -0.1) is 0 Å². The molecule has 0 saturated carbocycles. The fraction of sp³-hybridized carbons (Fsp3) is 0.167. The molecule has 9 heteroatoms. The molecule has 8 nitrogen and oxygen atoms in total. The van der Waals surface area contributed by atoms with Crippen LogP contribution in [-0.4, -0.2) is 31.9 Å². The Labute approximate surface area is 159 Å². The van der Waals surface area contributed by atoms with E-state index in [4.69, 9.17) is 0 Å². The molecule has 3 aromatic rings. The summed E-state index contributed by atoms with van der Waals surface area (Å²) in [6.07, 6.45) is 1.62. The number of nitrogens with one attached hydrogen (secondary N) is 2. The molecule has 2 heterocycles. The number of carbonyl (C=O) groups is 2. The van der Waals surface area contributed by atoms with Crippen molar-refractivity contribution in [3.8, 4) is 0 Å². The van der Waals surface area contributed by atoms with Crippen molar-refractivity contribution < 1.29 is 9.59 Å². The molecule has 3 rings (SSSR count). The lowest BCUT2D eigenvalue weighted by Gasteiger charge is -2.08. The summed E-state index contributed by atoms with van der Waals surface area (Å²) in [5.41, 5.74) is 2.17. The van der Waals surface area contributed by atoms with E-state index in [2.05, 4.69) is 20.6 Å². The Balaban J connectivity index is 1.66. The zero-order valence-electron chi connectivity index (χ0n) is 14.7. The van der Waals surface area contributed by atoms with Crippen molar-refractivity contribution in [1.29, 1.82) is 0 Å². The van der Waals surface area contributed by atoms with Gasteiger partial charge in [0.1, 0.15) is 5.65 Å². The van der Waals surface area contributed by atoms with Gasteiger partial charge in [-0.05, 0) is 42.8 Å². The first-order valence-corrected chi connectivity index (χ1v) is 9.06. The molecular formula is C18H17N5O3S. The number of benzene rings is 1. The number of aromatic nitrogens is 3. The van der Waals surface area contributed by atoms with Gasteiger partial charge in [0.25, 0.3) is 0 Å². The Morgan fingerprint density at radius 2 is 1.85 bits per heavy atom. The minimum Gasteiger partial charge on any atom is -0.326 e. The van der Waals surface area contributed by atoms with Crippen molar-refractivity contribution in [2.24, 2.45) is 0 Å². The van der Waals surface area contributed by atoms with Crippen LogP contribution in [0.25, 0.3) is 5.65 Å². The molecular weight excluding hydrogens is 366 g/mol. The van der Waals surface area contributed by atoms with Crippen molar-refractivity contribution >= 4 is 40.6 Å². The molecule has 0 fully saturated rings. The number of thioether (sulfide) groups is 1. The monoisotopic (exact) mass is 383 g/mol. The van der Waals surface area contributed by atoms with E-state index in [0.717, 1.165) is 17.3 Å². The van der Waals surface area contributed by atoms with Crippen LogP contribution in [0.3, 0.4) is 0 Å². The quantitative estimate of drug-likeness (QED) is 0.654. The average molecular weight is 383 g/mol. The largest absolute Gasteiger partial charge is 0.355 e. The van der Waals surface area contributed by atoms with E-state index in [-0.39, 0.29) is 22.7 Å². The van der Waals surface area contributed by atoms with Crippen molar-refractivity contribution in [3.63, 3.8) is 0 Å². The number of anilines is 2. The average Bonchev–Trinajstić information content (AvgIpc) is 2.59. The maximum absolute atomic E-state index is 12.2. The Bertz CT molecular complexity index is 1080. The van der Waals surface area contributed by atoms with Crippen LogP contribution in [-0.2, 0) is 9.59 Å². The van der Waals surface area contributed by atoms with Crippen molar-refractivity contribution in [2.75, 3.05) is 16.4 Å². The first-order chi connectivity index (χ1) is 12.9. The van der Waals surface area contributed by atoms with Gasteiger partial charge < -0.3 is 10.6 Å². The van der Waals surface area contributed by atoms with Gasteiger partial charge in [0.15, 0.2) is 5.16 Å². The molecule has 27 heavy (non-hydrogen) atoms. The summed E-state index contributed by atoms with van der Waals surface area (Å²) in [6, 6.07) is 10.4. The highest BCUT2D eigenvalue weighted by atomic mass is 32.2. The summed E-state index contributed by atoms with van der Waals surface area (Å²) in [5.74, 6) is -0.414. The molecule has 138 valence electrons. The first kappa shape index (κ1) is 18.6. The second-order valence-corrected chi connectivity index (χ2v) is 6.76. The van der Waals surface area contributed by atoms with Gasteiger partial charge >= 0.3 is 5.69 Å². The van der Waals surface area contributed by atoms with E-state index < -0.39 is 5.69 Å². The zero-order chi connectivity index (χ0) is 19.4. The molecule has 2 aromatic heterocycles. The molecule has 0 unspecified atom stereocenters. The van der Waals surface area contributed by atoms with Crippen LogP contribution in [0.4, 0.5) is 11.4 Å². The molecule has 0 atom stereocenters. The second-order valence-electron chi connectivity index (χ2n) is 5.82. The summed E-state index contributed by atoms with van der Waals surface area (Å²) in [5, 5.41) is 5.63. The third kappa shape index (κ3) is 4.91. The topological polar surface area (TPSA) is 105 Å². The number of hydrogen-bond donors (Lipinski definition) is 2. The molecule has 0 aliphatic carbocycles. The highest BCUT2D eigenvalue weighted by Crippen LogP contribution is 2.17. The van der Waals surface area contributed by atoms with Gasteiger partial charge in [-0.2, -0.15) is 4.98 Å². The predicted octanol–water partition coefficient (Wildman–Crippen LogP) is 2.09. The lowest BCUT2D eigenvalue weighted by molar-refractivity contribution is -0.114. The third-order valence-electron chi connectivity index (χ3n) is 3.50. The molecule has 1 aromatic carbocycles. The standard InChI is InChI=1S/C18H17N5O3S/c1-11-6-7-23-15(8-11)21-17(22-18(23)26)27-10-16(25)20-14-5-3-4-13(9-14)19-12(2)24/h3-9H,10H2,1-2H3,(H,19,24)(H,20,25). The summed E-state index contributed by atoms with van der Waals surface area (Å²) < 4.78 is 1.35. The number of pyridine rings is 1. The SMILES string of the molecule is CC(=O)Nc1cccc(NC(=O)CSc2nc(=O)n3ccc(C)cc3n2)c1. The summed E-state index contributed by atoms with van der Waals surface area (Å²) in [4.78, 5) is 43.5. The Hall–Kier alpha value is -3.20. The predicted molar refractivity (Wildman–Crippen MR) is 104 cm³/mol. The molecule has 0 bridgehead atoms. The van der Waals surface area contributed by atoms with Crippen LogP contribution in [0.1, 0.15) is 12.5 Å². The smallest absolute Gasteiger partial charge is 0.326 e. The van der Waals surface area contributed by atoms with Crippen LogP contribution in [0.5, 0.6) is 0 Å². The number of aryl methyl sites for hydroxylation is 1. The number of amides is 2. The maximum atomic E-state index is 12.2. The van der Waals surface area contributed by atoms with Gasteiger partial charge in [0.2, 0.25) is 11.8 Å². The first-order valence-electron chi connectivity index (χ1n) is 8.08. The van der Waals surface area contributed by atoms with E-state index in [1.807, 2.05) is 6.92 Å². The lowest BCUT2D eigenvalue weighted by atomic mass is 10.2. The minimum atomic E-state index is -0.439. The fourth-order valence-corrected chi connectivity index (χ4v) is 3.00. The van der Waals surface area contributed by atoms with Crippen LogP contribution in [0.2, 0.25) is 0 Å². The normalized spacial score (nSPS) is 10.6. The molecule has 0 spiro atoms. The van der Waals surface area contributed by atoms with Gasteiger partial charge in [-0.1, -0.05) is 17.8 Å². The van der Waals surface area contributed by atoms with Crippen molar-refractivity contribution in [2.45, 2.75) is 19.0 Å². The van der Waals surface area contributed by atoms with E-state index >= 15 is 0 Å². The fourth-order valence-electron chi connectivity index (χ4n) is 2.37. The van der Waals surface area contributed by atoms with E-state index in [1.54, 1.807) is 42.6 Å². The van der Waals surface area contributed by atoms with Crippen molar-refractivity contribution in [3.05, 3.63) is 58.6 Å². The minimum absolute atomic E-state index is 0.0474. The van der Waals surface area contributed by atoms with Gasteiger partial charge in [-0.25, -0.2) is 9.78 Å². The molecule has 0 aliphatic rings. The van der Waals surface area contributed by atoms with Crippen LogP contribution < -0.4 is 16.3 Å². The third-order valence-corrected chi connectivity index (χ3v) is 4.34. The molecule has 0 aliphatic heterocycles. The van der Waals surface area contributed by atoms with Crippen molar-refractivity contribution in [1.82, 2.24) is 14.4 Å². The number of rotatable bonds is 5. The maximum Gasteiger partial charge on any atom is 0.355 e. The Morgan fingerprint density at radius 3 is 2.59 bits per heavy atom. The molecule has 0 radical (unpaired) electrons. The van der Waals surface area contributed by atoms with E-state index in [1.165, 1.54) is 11.3 Å². The highest BCUT2D eigenvalue weighted by molar-refractivity contribution is 7.99. The summed E-state index contributed by atoms with van der Waals surface area (Å²) in [7, 11) is 0. The number of carbonyl (C=O) groups excluding carboxylic acids is 2. The van der Waals surface area contributed by atoms with Crippen LogP contribution in [0.15, 0.2) is 52.5 Å². The van der Waals surface area contributed by atoms with E-state index in [0.29, 0.717) is 17.0 Å². The molecule has 2 amide bonds. The zero-order valence-corrected chi connectivity index (χ0v) is 15.5. The Kier molecular flexibility index (Phi) is 5.51. The molecule has 0 saturated heterocycles. The summed E-state index contributed by atoms with van der Waals surface area (Å²) >= 11 is 1.08. The summed E-state index contributed by atoms with van der Waals surface area (Å²) in [6.45, 7) is 3.32. The molecule has 2 N–H and O–H groups in total. The van der Waals surface area contributed by atoms with E-state index in [9.17, 15) is 14.4 Å². The van der Waals surface area contributed by atoms with Crippen LogP contribution >= 0.6 is 11.8 Å². The number of fused-ring (bicyclic) bond motifs is 1. The lowest BCUT2D eigenvalue weighted by Crippen LogP contribution is -2.20. The highest BCUT2D eigenvalue weighted by Gasteiger charge is 2.09. The van der Waals surface area contributed by atoms with Gasteiger partial charge in [-0.3, -0.25) is 14.0 Å². The Morgan fingerprint density at radius 1 is 1.11 bits per heavy atom. The number of nitrogens with zero attached hydrogens (tertiary/aromatic N) is 3. The van der Waals surface area contributed by atoms with Gasteiger partial charge in [0.05, 0.1) is 5.75 Å². The second kappa shape index (κ2) is 8.00. The number of hydrogen-bond acceptors (Lipinski definition) is 6. The van der Waals surface area contributed by atoms with Gasteiger partial charge in [0, 0.05) is 24.5 Å². The van der Waals surface area contributed by atoms with Crippen LogP contribution in [0, 0.1) is 6.92 Å².